The van der Waals surface area contributed by atoms with E-state index >= 15 is 0 Å². The lowest BCUT2D eigenvalue weighted by Gasteiger charge is -2.74. The van der Waals surface area contributed by atoms with Crippen LogP contribution in [0.25, 0.3) is 0 Å². The quantitative estimate of drug-likeness (QED) is 0.486. The van der Waals surface area contributed by atoms with Gasteiger partial charge in [0.05, 0.1) is 23.4 Å². The molecule has 2 aliphatic heterocycles. The molecule has 6 nitrogen and oxygen atoms in total. The van der Waals surface area contributed by atoms with E-state index in [1.165, 1.54) is 4.88 Å². The van der Waals surface area contributed by atoms with Crippen molar-refractivity contribution >= 4 is 17.6 Å². The zero-order chi connectivity index (χ0) is 22.6. The fourth-order valence-electron chi connectivity index (χ4n) is 7.95. The van der Waals surface area contributed by atoms with Crippen LogP contribution in [0, 0.1) is 35.5 Å². The van der Waals surface area contributed by atoms with Crippen molar-refractivity contribution in [2.45, 2.75) is 76.8 Å². The minimum Gasteiger partial charge on any atom is -0.391 e. The van der Waals surface area contributed by atoms with Gasteiger partial charge < -0.3 is 24.9 Å². The predicted molar refractivity (Wildman–Crippen MR) is 117 cm³/mol. The molecule has 1 aromatic rings. The van der Waals surface area contributed by atoms with Crippen LogP contribution in [-0.2, 0) is 21.4 Å². The van der Waals surface area contributed by atoms with Gasteiger partial charge >= 0.3 is 0 Å². The van der Waals surface area contributed by atoms with E-state index in [2.05, 4.69) is 20.4 Å². The normalized spacial score (nSPS) is 50.4. The molecule has 1 spiro atoms. The van der Waals surface area contributed by atoms with Gasteiger partial charge in [-0.2, -0.15) is 0 Å². The molecule has 31 heavy (non-hydrogen) atoms. The molecule has 3 N–H and O–H groups in total. The van der Waals surface area contributed by atoms with Crippen molar-refractivity contribution in [3.63, 3.8) is 0 Å². The lowest BCUT2D eigenvalue weighted by molar-refractivity contribution is -0.432. The molecule has 9 atom stereocenters. The molecule has 2 saturated heterocycles. The third kappa shape index (κ3) is 2.22. The Balaban J connectivity index is 1.83. The highest BCUT2D eigenvalue weighted by Gasteiger charge is 2.83. The fourth-order valence-corrected chi connectivity index (χ4v) is 9.18. The van der Waals surface area contributed by atoms with Gasteiger partial charge in [0.15, 0.2) is 0 Å². The highest BCUT2D eigenvalue weighted by atomic mass is 32.1. The van der Waals surface area contributed by atoms with E-state index in [0.717, 1.165) is 29.1 Å². The van der Waals surface area contributed by atoms with Gasteiger partial charge in [-0.3, -0.25) is 0 Å². The number of carbonyl (C=O) groups excluding carboxylic acids is 1. The van der Waals surface area contributed by atoms with Gasteiger partial charge in [0.1, 0.15) is 17.8 Å². The monoisotopic (exact) mass is 447 g/mol. The van der Waals surface area contributed by atoms with E-state index in [1.807, 2.05) is 13.8 Å². The number of aldehydes is 1. The first-order chi connectivity index (χ1) is 14.5. The van der Waals surface area contributed by atoms with Gasteiger partial charge in [0.2, 0.25) is 5.79 Å². The summed E-state index contributed by atoms with van der Waals surface area (Å²) in [5.41, 5.74) is -0.968. The van der Waals surface area contributed by atoms with Crippen LogP contribution in [0.5, 0.6) is 0 Å². The minimum absolute atomic E-state index is 0.196. The summed E-state index contributed by atoms with van der Waals surface area (Å²) in [7, 11) is 0. The molecule has 170 valence electrons. The van der Waals surface area contributed by atoms with E-state index in [9.17, 15) is 20.1 Å². The summed E-state index contributed by atoms with van der Waals surface area (Å²) in [5, 5.41) is 36.1. The van der Waals surface area contributed by atoms with Crippen molar-refractivity contribution in [1.82, 2.24) is 4.98 Å². The van der Waals surface area contributed by atoms with Crippen molar-refractivity contribution in [3.05, 3.63) is 27.7 Å². The van der Waals surface area contributed by atoms with Gasteiger partial charge in [-0.15, -0.1) is 11.3 Å². The molecule has 3 aliphatic carbocycles. The number of ether oxygens (including phenoxy) is 1. The van der Waals surface area contributed by atoms with Crippen molar-refractivity contribution in [3.8, 4) is 0 Å². The molecule has 1 aromatic heterocycles. The van der Waals surface area contributed by atoms with Crippen LogP contribution in [0.4, 0.5) is 0 Å². The summed E-state index contributed by atoms with van der Waals surface area (Å²) in [6.07, 6.45) is 1.10. The van der Waals surface area contributed by atoms with E-state index in [-0.39, 0.29) is 29.8 Å². The van der Waals surface area contributed by atoms with Crippen molar-refractivity contribution in [2.24, 2.45) is 28.6 Å². The second-order valence-corrected chi connectivity index (χ2v) is 12.0. The highest BCUT2D eigenvalue weighted by Crippen LogP contribution is 2.73. The van der Waals surface area contributed by atoms with Crippen molar-refractivity contribution in [2.75, 3.05) is 6.61 Å². The fraction of sp³-hybridized carbons (Fsp3) is 0.750. The Morgan fingerprint density at radius 1 is 1.35 bits per heavy atom. The topological polar surface area (TPSA) is 99.9 Å². The standard InChI is InChI=1S/C24H33NO5S/c1-6-21(5)9-15-18(25-13(4)31-15)22-11-30-24(29,20(28)17(21)22)23(10-26)16(22)8-7-14(12(2)3)19(23)27/h10,14,16-17,19-20,27-29H,2,6-9,11H2,1,3-5H3/t14-,16-,17+,19+,20-,21+,22-,23+,24-/m0/s1. The molecular formula is C24H33NO5S. The molecule has 5 aliphatic rings. The Labute approximate surface area is 187 Å². The summed E-state index contributed by atoms with van der Waals surface area (Å²) >= 11 is 1.67. The third-order valence-corrected chi connectivity index (χ3v) is 10.4. The first kappa shape index (κ1) is 21.7. The van der Waals surface area contributed by atoms with E-state index < -0.39 is 28.8 Å². The molecule has 4 fully saturated rings. The first-order valence-corrected chi connectivity index (χ1v) is 12.2. The summed E-state index contributed by atoms with van der Waals surface area (Å²) < 4.78 is 6.05. The highest BCUT2D eigenvalue weighted by molar-refractivity contribution is 7.11. The van der Waals surface area contributed by atoms with Crippen LogP contribution in [0.1, 0.15) is 55.6 Å². The number of fused-ring (bicyclic) bond motifs is 2. The van der Waals surface area contributed by atoms with E-state index in [1.54, 1.807) is 11.3 Å². The number of aliphatic hydroxyl groups is 3. The number of thiazole rings is 1. The molecule has 0 aromatic carbocycles. The maximum absolute atomic E-state index is 12.9. The van der Waals surface area contributed by atoms with Crippen molar-refractivity contribution in [1.29, 1.82) is 0 Å². The van der Waals surface area contributed by atoms with Crippen LogP contribution in [0.3, 0.4) is 0 Å². The summed E-state index contributed by atoms with van der Waals surface area (Å²) in [5.74, 6) is -3.17. The predicted octanol–water partition coefficient (Wildman–Crippen LogP) is 2.52. The number of aliphatic hydroxyl groups excluding tert-OH is 2. The van der Waals surface area contributed by atoms with E-state index in [0.29, 0.717) is 19.1 Å². The summed E-state index contributed by atoms with van der Waals surface area (Å²) in [4.78, 5) is 19.0. The average molecular weight is 448 g/mol. The Morgan fingerprint density at radius 2 is 2.06 bits per heavy atom. The molecule has 3 heterocycles. The second-order valence-electron chi connectivity index (χ2n) is 10.7. The molecule has 2 bridgehead atoms. The van der Waals surface area contributed by atoms with Crippen LogP contribution < -0.4 is 0 Å². The zero-order valence-corrected chi connectivity index (χ0v) is 19.5. The number of carbonyl (C=O) groups is 1. The van der Waals surface area contributed by atoms with Gasteiger partial charge in [-0.05, 0) is 50.9 Å². The molecule has 7 heteroatoms. The number of nitrogens with zero attached hydrogens (tertiary/aromatic N) is 1. The van der Waals surface area contributed by atoms with E-state index in [4.69, 9.17) is 9.72 Å². The lowest BCUT2D eigenvalue weighted by atomic mass is 9.35. The first-order valence-electron chi connectivity index (χ1n) is 11.3. The van der Waals surface area contributed by atoms with Crippen molar-refractivity contribution < 1.29 is 24.9 Å². The number of aromatic nitrogens is 1. The average Bonchev–Trinajstić information content (AvgIpc) is 3.09. The molecule has 2 saturated carbocycles. The minimum atomic E-state index is -2.14. The summed E-state index contributed by atoms with van der Waals surface area (Å²) in [6, 6.07) is 0. The second kappa shape index (κ2) is 6.48. The number of aryl methyl sites for hydroxylation is 1. The molecule has 0 radical (unpaired) electrons. The zero-order valence-electron chi connectivity index (χ0n) is 18.7. The Morgan fingerprint density at radius 3 is 2.68 bits per heavy atom. The molecule has 6 rings (SSSR count). The number of hydrogen-bond acceptors (Lipinski definition) is 7. The smallest absolute Gasteiger partial charge is 0.207 e. The van der Waals surface area contributed by atoms with Gasteiger partial charge in [-0.1, -0.05) is 26.0 Å². The van der Waals surface area contributed by atoms with Gasteiger partial charge in [-0.25, -0.2) is 4.98 Å². The van der Waals surface area contributed by atoms with Crippen LogP contribution in [-0.4, -0.2) is 51.2 Å². The molecular weight excluding hydrogens is 414 g/mol. The van der Waals surface area contributed by atoms with Crippen LogP contribution in [0.2, 0.25) is 0 Å². The van der Waals surface area contributed by atoms with Gasteiger partial charge in [0, 0.05) is 22.1 Å². The Hall–Kier alpha value is -1.12. The number of hydrogen-bond donors (Lipinski definition) is 3. The number of rotatable bonds is 3. The Bertz CT molecular complexity index is 962. The SMILES string of the molecule is C=C(C)[C@@H]1CC[C@H]2[C@@]34CO[C@@](O)([C@@H](O)[C@@H]3[C@](C)(CC)Cc3sc(C)nc34)[C@@]2(C=O)[C@@H]1O. The van der Waals surface area contributed by atoms with Gasteiger partial charge in [0.25, 0.3) is 0 Å². The van der Waals surface area contributed by atoms with Crippen LogP contribution in [0.15, 0.2) is 12.2 Å². The lowest BCUT2D eigenvalue weighted by Crippen LogP contribution is -2.85. The third-order valence-electron chi connectivity index (χ3n) is 9.45. The maximum Gasteiger partial charge on any atom is 0.207 e. The largest absolute Gasteiger partial charge is 0.391 e. The molecule has 0 unspecified atom stereocenters. The van der Waals surface area contributed by atoms with Crippen LogP contribution >= 0.6 is 11.3 Å². The molecule has 0 amide bonds. The Kier molecular flexibility index (Phi) is 4.53. The summed E-state index contributed by atoms with van der Waals surface area (Å²) in [6.45, 7) is 12.3. The maximum atomic E-state index is 12.9.